The van der Waals surface area contributed by atoms with Crippen molar-refractivity contribution in [2.45, 2.75) is 30.3 Å². The number of nitrogens with two attached hydrogens (primary N) is 1. The highest BCUT2D eigenvalue weighted by atomic mass is 16.3. The number of rotatable bonds is 2. The molecule has 0 heterocycles. The molecule has 176 valence electrons. The molecule has 0 bridgehead atoms. The number of benzene rings is 1. The molecule has 0 saturated heterocycles. The zero-order chi connectivity index (χ0) is 24.8. The van der Waals surface area contributed by atoms with Crippen LogP contribution in [-0.2, 0) is 24.8 Å². The van der Waals surface area contributed by atoms with Crippen LogP contribution in [0, 0.1) is 23.7 Å². The van der Waals surface area contributed by atoms with Crippen LogP contribution in [0.3, 0.4) is 0 Å². The first-order valence-electron chi connectivity index (χ1n) is 10.3. The van der Waals surface area contributed by atoms with Crippen molar-refractivity contribution in [2.24, 2.45) is 29.4 Å². The molecule has 1 aromatic carbocycles. The standard InChI is InChI=1S/C22H24N2O9/c1-21(32)7-5-4-6-8(25)9(7)15(26)10-12(21)17(28)13-14(24(2)3)16(27)11(20(23)31)19(30)22(13,33)18(10)29/h4-6,10-14,17,25,28,32-33H,1-3H3,(H2,23,31)/t10-,11-,12+,13+,14-,17-,21+,22-/m0/s1. The van der Waals surface area contributed by atoms with Crippen molar-refractivity contribution >= 4 is 29.0 Å². The lowest BCUT2D eigenvalue weighted by atomic mass is 9.48. The average Bonchev–Trinajstić information content (AvgIpc) is 2.70. The monoisotopic (exact) mass is 460 g/mol. The summed E-state index contributed by atoms with van der Waals surface area (Å²) in [6, 6.07) is 2.40. The van der Waals surface area contributed by atoms with E-state index >= 15 is 0 Å². The third-order valence-corrected chi connectivity index (χ3v) is 7.40. The first kappa shape index (κ1) is 23.2. The summed E-state index contributed by atoms with van der Waals surface area (Å²) in [4.78, 5) is 66.4. The molecule has 0 unspecified atom stereocenters. The summed E-state index contributed by atoms with van der Waals surface area (Å²) < 4.78 is 0. The second-order valence-corrected chi connectivity index (χ2v) is 9.37. The molecule has 6 N–H and O–H groups in total. The van der Waals surface area contributed by atoms with E-state index in [1.807, 2.05) is 0 Å². The number of hydrogen-bond donors (Lipinski definition) is 5. The molecule has 1 aromatic rings. The van der Waals surface area contributed by atoms with E-state index in [-0.39, 0.29) is 11.1 Å². The van der Waals surface area contributed by atoms with Crippen molar-refractivity contribution in [3.05, 3.63) is 29.3 Å². The molecule has 0 aliphatic heterocycles. The summed E-state index contributed by atoms with van der Waals surface area (Å²) >= 11 is 0. The molecule has 8 atom stereocenters. The van der Waals surface area contributed by atoms with Crippen LogP contribution >= 0.6 is 0 Å². The van der Waals surface area contributed by atoms with Crippen LogP contribution in [-0.4, -0.2) is 86.2 Å². The van der Waals surface area contributed by atoms with Crippen molar-refractivity contribution in [1.82, 2.24) is 4.90 Å². The first-order chi connectivity index (χ1) is 15.2. The number of fused-ring (bicyclic) bond motifs is 3. The second-order valence-electron chi connectivity index (χ2n) is 9.37. The van der Waals surface area contributed by atoms with E-state index in [4.69, 9.17) is 5.73 Å². The van der Waals surface area contributed by atoms with Gasteiger partial charge in [0.15, 0.2) is 34.7 Å². The normalized spacial score (nSPS) is 40.3. The van der Waals surface area contributed by atoms with Crippen LogP contribution in [0.5, 0.6) is 5.75 Å². The molecule has 0 aromatic heterocycles. The van der Waals surface area contributed by atoms with Crippen molar-refractivity contribution in [3.63, 3.8) is 0 Å². The van der Waals surface area contributed by atoms with E-state index < -0.39 is 81.8 Å². The van der Waals surface area contributed by atoms with Gasteiger partial charge in [0.05, 0.1) is 35.1 Å². The minimum atomic E-state index is -3.10. The number of nitrogens with zero attached hydrogens (tertiary/aromatic N) is 1. The number of amides is 1. The average molecular weight is 460 g/mol. The van der Waals surface area contributed by atoms with Gasteiger partial charge in [0.1, 0.15) is 5.75 Å². The fourth-order valence-corrected chi connectivity index (χ4v) is 5.97. The quantitative estimate of drug-likeness (QED) is 0.294. The van der Waals surface area contributed by atoms with Gasteiger partial charge >= 0.3 is 0 Å². The Morgan fingerprint density at radius 3 is 2.21 bits per heavy atom. The number of likely N-dealkylation sites (N-methyl/N-ethyl adjacent to an activating group) is 1. The van der Waals surface area contributed by atoms with E-state index in [9.17, 15) is 44.4 Å². The zero-order valence-electron chi connectivity index (χ0n) is 18.1. The number of aromatic hydroxyl groups is 1. The van der Waals surface area contributed by atoms with Gasteiger partial charge in [-0.1, -0.05) is 12.1 Å². The third-order valence-electron chi connectivity index (χ3n) is 7.40. The summed E-state index contributed by atoms with van der Waals surface area (Å²) in [5, 5.41) is 44.5. The first-order valence-corrected chi connectivity index (χ1v) is 10.3. The lowest BCUT2D eigenvalue weighted by molar-refractivity contribution is -0.210. The number of Topliss-reactive ketones (excluding diaryl/α,β-unsaturated/α-hetero) is 4. The summed E-state index contributed by atoms with van der Waals surface area (Å²) in [6.45, 7) is 1.24. The zero-order valence-corrected chi connectivity index (χ0v) is 18.1. The van der Waals surface area contributed by atoms with Gasteiger partial charge in [-0.15, -0.1) is 0 Å². The number of phenolic OH excluding ortho intramolecular Hbond substituents is 1. The molecule has 0 spiro atoms. The predicted octanol–water partition coefficient (Wildman–Crippen LogP) is -2.50. The molecule has 3 aliphatic rings. The fraction of sp³-hybridized carbons (Fsp3) is 0.500. The van der Waals surface area contributed by atoms with E-state index in [0.29, 0.717) is 0 Å². The van der Waals surface area contributed by atoms with Crippen molar-refractivity contribution in [1.29, 1.82) is 0 Å². The Bertz CT molecular complexity index is 1130. The second kappa shape index (κ2) is 7.00. The summed E-state index contributed by atoms with van der Waals surface area (Å²) in [7, 11) is 2.77. The lowest BCUT2D eigenvalue weighted by Crippen LogP contribution is -2.78. The number of aliphatic hydroxyl groups is 3. The van der Waals surface area contributed by atoms with Crippen LogP contribution in [0.25, 0.3) is 0 Å². The van der Waals surface area contributed by atoms with Gasteiger partial charge in [-0.05, 0) is 32.6 Å². The van der Waals surface area contributed by atoms with Crippen molar-refractivity contribution < 1.29 is 44.4 Å². The highest BCUT2D eigenvalue weighted by Gasteiger charge is 2.74. The van der Waals surface area contributed by atoms with Gasteiger partial charge in [0.25, 0.3) is 0 Å². The SMILES string of the molecule is CN(C)[C@@H]1C(=O)[C@H](C(N)=O)C(=O)[C@@]2(O)C(=O)[C@@H]3C(=O)c4c(O)cccc4[C@@](C)(O)[C@H]3[C@H](O)[C@@H]12. The molecular weight excluding hydrogens is 436 g/mol. The Morgan fingerprint density at radius 2 is 1.67 bits per heavy atom. The third kappa shape index (κ3) is 2.67. The lowest BCUT2D eigenvalue weighted by Gasteiger charge is -2.57. The van der Waals surface area contributed by atoms with E-state index in [2.05, 4.69) is 0 Å². The smallest absolute Gasteiger partial charge is 0.235 e. The minimum absolute atomic E-state index is 0.0454. The number of primary amides is 1. The van der Waals surface area contributed by atoms with Crippen molar-refractivity contribution in [2.75, 3.05) is 14.1 Å². The van der Waals surface area contributed by atoms with E-state index in [1.54, 1.807) is 0 Å². The van der Waals surface area contributed by atoms with Gasteiger partial charge in [-0.25, -0.2) is 0 Å². The molecule has 11 heteroatoms. The van der Waals surface area contributed by atoms with Crippen molar-refractivity contribution in [3.8, 4) is 5.75 Å². The van der Waals surface area contributed by atoms with Gasteiger partial charge in [0, 0.05) is 5.92 Å². The number of aliphatic hydroxyl groups excluding tert-OH is 1. The Kier molecular flexibility index (Phi) is 4.92. The molecule has 2 saturated carbocycles. The summed E-state index contributed by atoms with van der Waals surface area (Å²) in [5.74, 6) is -14.2. The van der Waals surface area contributed by atoms with Crippen LogP contribution < -0.4 is 5.73 Å². The van der Waals surface area contributed by atoms with Gasteiger partial charge < -0.3 is 26.2 Å². The highest BCUT2D eigenvalue weighted by Crippen LogP contribution is 2.55. The maximum atomic E-state index is 13.7. The topological polar surface area (TPSA) is 196 Å². The Labute approximate surface area is 187 Å². The molecule has 2 fully saturated rings. The number of carbonyl (C=O) groups excluding carboxylic acids is 5. The summed E-state index contributed by atoms with van der Waals surface area (Å²) in [5.41, 5.74) is -0.350. The van der Waals surface area contributed by atoms with Gasteiger partial charge in [-0.3, -0.25) is 28.9 Å². The van der Waals surface area contributed by atoms with Gasteiger partial charge in [-0.2, -0.15) is 0 Å². The number of ketones is 4. The van der Waals surface area contributed by atoms with Crippen LogP contribution in [0.1, 0.15) is 22.8 Å². The minimum Gasteiger partial charge on any atom is -0.507 e. The Hall–Kier alpha value is -2.99. The molecule has 11 nitrogen and oxygen atoms in total. The molecule has 1 amide bonds. The van der Waals surface area contributed by atoms with Crippen LogP contribution in [0.15, 0.2) is 18.2 Å². The number of phenols is 1. The molecular formula is C22H24N2O9. The maximum Gasteiger partial charge on any atom is 0.235 e. The molecule has 33 heavy (non-hydrogen) atoms. The van der Waals surface area contributed by atoms with Crippen LogP contribution in [0.4, 0.5) is 0 Å². The number of hydrogen-bond acceptors (Lipinski definition) is 10. The highest BCUT2D eigenvalue weighted by molar-refractivity contribution is 6.32. The van der Waals surface area contributed by atoms with E-state index in [0.717, 1.165) is 0 Å². The van der Waals surface area contributed by atoms with E-state index in [1.165, 1.54) is 44.1 Å². The Balaban J connectivity index is 2.01. The maximum absolute atomic E-state index is 13.7. The predicted molar refractivity (Wildman–Crippen MR) is 109 cm³/mol. The molecule has 3 aliphatic carbocycles. The fourth-order valence-electron chi connectivity index (χ4n) is 5.97. The Morgan fingerprint density at radius 1 is 1.06 bits per heavy atom. The number of carbonyl (C=O) groups is 5. The molecule has 4 rings (SSSR count). The van der Waals surface area contributed by atoms with Gasteiger partial charge in [0.2, 0.25) is 5.91 Å². The summed E-state index contributed by atoms with van der Waals surface area (Å²) in [6.07, 6.45) is -1.90. The largest absolute Gasteiger partial charge is 0.507 e. The van der Waals surface area contributed by atoms with Crippen LogP contribution in [0.2, 0.25) is 0 Å². The molecule has 0 radical (unpaired) electrons.